The van der Waals surface area contributed by atoms with Crippen LogP contribution in [0.4, 0.5) is 0 Å². The topological polar surface area (TPSA) is 78.9 Å². The number of esters is 3. The molecule has 0 bridgehead atoms. The van der Waals surface area contributed by atoms with Crippen LogP contribution in [0.3, 0.4) is 0 Å². The van der Waals surface area contributed by atoms with E-state index in [1.54, 1.807) is 0 Å². The first-order valence-corrected chi connectivity index (χ1v) is 27.9. The molecule has 0 saturated carbocycles. The van der Waals surface area contributed by atoms with Crippen LogP contribution in [-0.4, -0.2) is 37.2 Å². The molecule has 62 heavy (non-hydrogen) atoms. The van der Waals surface area contributed by atoms with Gasteiger partial charge in [-0.1, -0.05) is 278 Å². The van der Waals surface area contributed by atoms with Crippen molar-refractivity contribution in [1.29, 1.82) is 0 Å². The molecule has 0 aromatic heterocycles. The molecule has 0 aromatic rings. The molecule has 0 saturated heterocycles. The lowest BCUT2D eigenvalue weighted by Gasteiger charge is -2.18. The molecule has 1 unspecified atom stereocenters. The summed E-state index contributed by atoms with van der Waals surface area (Å²) in [4.78, 5) is 38.0. The summed E-state index contributed by atoms with van der Waals surface area (Å²) in [5.41, 5.74) is 0. The molecule has 0 rings (SSSR count). The minimum absolute atomic E-state index is 0.0624. The second-order valence-electron chi connectivity index (χ2n) is 19.5. The smallest absolute Gasteiger partial charge is 0.306 e. The first-order valence-electron chi connectivity index (χ1n) is 27.9. The summed E-state index contributed by atoms with van der Waals surface area (Å²) in [6.45, 7) is 9.06. The third kappa shape index (κ3) is 47.9. The number of unbranched alkanes of at least 4 members (excludes halogenated alkanes) is 37. The first kappa shape index (κ1) is 60.4. The van der Waals surface area contributed by atoms with Gasteiger partial charge in [-0.2, -0.15) is 0 Å². The van der Waals surface area contributed by atoms with Crippen molar-refractivity contribution >= 4 is 17.9 Å². The van der Waals surface area contributed by atoms with E-state index >= 15 is 0 Å². The van der Waals surface area contributed by atoms with Gasteiger partial charge in [0, 0.05) is 19.3 Å². The number of carbonyl (C=O) groups is 3. The summed E-state index contributed by atoms with van der Waals surface area (Å²) in [5.74, 6) is 0.0266. The van der Waals surface area contributed by atoms with Crippen LogP contribution in [0.5, 0.6) is 0 Å². The second kappa shape index (κ2) is 50.4. The van der Waals surface area contributed by atoms with Gasteiger partial charge >= 0.3 is 17.9 Å². The minimum atomic E-state index is -0.761. The fourth-order valence-electron chi connectivity index (χ4n) is 8.54. The molecule has 6 nitrogen and oxygen atoms in total. The van der Waals surface area contributed by atoms with Crippen molar-refractivity contribution in [3.8, 4) is 0 Å². The molecule has 0 aliphatic carbocycles. The number of hydrogen-bond acceptors (Lipinski definition) is 6. The maximum absolute atomic E-state index is 12.8. The molecule has 6 heteroatoms. The van der Waals surface area contributed by atoms with E-state index in [0.29, 0.717) is 19.3 Å². The quantitative estimate of drug-likeness (QED) is 0.0344. The van der Waals surface area contributed by atoms with Crippen molar-refractivity contribution in [2.75, 3.05) is 13.2 Å². The van der Waals surface area contributed by atoms with E-state index in [9.17, 15) is 14.4 Å². The lowest BCUT2D eigenvalue weighted by molar-refractivity contribution is -0.167. The highest BCUT2D eigenvalue weighted by molar-refractivity contribution is 5.71. The van der Waals surface area contributed by atoms with Crippen LogP contribution in [0.2, 0.25) is 0 Å². The largest absolute Gasteiger partial charge is 0.462 e. The van der Waals surface area contributed by atoms with Gasteiger partial charge in [-0.3, -0.25) is 14.4 Å². The van der Waals surface area contributed by atoms with Crippen LogP contribution in [-0.2, 0) is 28.6 Å². The second-order valence-corrected chi connectivity index (χ2v) is 19.5. The van der Waals surface area contributed by atoms with Crippen molar-refractivity contribution in [3.05, 3.63) is 0 Å². The molecule has 0 radical (unpaired) electrons. The summed E-state index contributed by atoms with van der Waals surface area (Å²) in [5, 5.41) is 0. The molecule has 0 N–H and O–H groups in total. The highest BCUT2D eigenvalue weighted by Gasteiger charge is 2.19. The third-order valence-electron chi connectivity index (χ3n) is 13.2. The van der Waals surface area contributed by atoms with Gasteiger partial charge in [-0.25, -0.2) is 0 Å². The van der Waals surface area contributed by atoms with Crippen LogP contribution in [0.1, 0.15) is 317 Å². The Morgan fingerprint density at radius 3 is 0.839 bits per heavy atom. The third-order valence-corrected chi connectivity index (χ3v) is 13.2. The number of ether oxygens (including phenoxy) is 3. The van der Waals surface area contributed by atoms with Gasteiger partial charge in [0.2, 0.25) is 0 Å². The summed E-state index contributed by atoms with van der Waals surface area (Å²) in [6, 6.07) is 0. The van der Waals surface area contributed by atoms with Gasteiger partial charge in [0.05, 0.1) is 0 Å². The predicted molar refractivity (Wildman–Crippen MR) is 266 cm³/mol. The average molecular weight is 877 g/mol. The van der Waals surface area contributed by atoms with Gasteiger partial charge in [0.15, 0.2) is 6.10 Å². The van der Waals surface area contributed by atoms with E-state index in [-0.39, 0.29) is 31.1 Å². The van der Waals surface area contributed by atoms with Gasteiger partial charge in [-0.05, 0) is 25.2 Å². The first-order chi connectivity index (χ1) is 30.4. The Hall–Kier alpha value is -1.59. The maximum Gasteiger partial charge on any atom is 0.306 e. The Morgan fingerprint density at radius 1 is 0.323 bits per heavy atom. The lowest BCUT2D eigenvalue weighted by Crippen LogP contribution is -2.30. The zero-order valence-electron chi connectivity index (χ0n) is 42.3. The Kier molecular flexibility index (Phi) is 49.1. The standard InChI is InChI=1S/C56H108O6/c1-5-8-10-12-14-16-18-19-20-21-22-23-24-25-27-32-36-40-44-48-55(58)61-51-53(50-60-54(57)47-43-39-35-31-26-17-15-13-11-9-6-2)62-56(59)49-45-41-37-33-29-28-30-34-38-42-46-52(4)7-3/h52-53H,5-51H2,1-4H3/t52?,53-/m0/s1. The van der Waals surface area contributed by atoms with Gasteiger partial charge in [0.25, 0.3) is 0 Å². The van der Waals surface area contributed by atoms with Gasteiger partial charge in [0.1, 0.15) is 13.2 Å². The van der Waals surface area contributed by atoms with Crippen LogP contribution >= 0.6 is 0 Å². The summed E-state index contributed by atoms with van der Waals surface area (Å²) in [6.07, 6.45) is 53.7. The van der Waals surface area contributed by atoms with E-state index in [0.717, 1.165) is 63.7 Å². The molecular formula is C56H108O6. The molecule has 0 amide bonds. The summed E-state index contributed by atoms with van der Waals surface area (Å²) < 4.78 is 16.8. The molecule has 368 valence electrons. The Bertz CT molecular complexity index is 935. The van der Waals surface area contributed by atoms with Crippen molar-refractivity contribution in [2.45, 2.75) is 323 Å². The molecular weight excluding hydrogens is 769 g/mol. The zero-order valence-corrected chi connectivity index (χ0v) is 42.3. The molecule has 0 aliphatic rings. The van der Waals surface area contributed by atoms with E-state index in [1.807, 2.05) is 0 Å². The van der Waals surface area contributed by atoms with Crippen molar-refractivity contribution in [1.82, 2.24) is 0 Å². The van der Waals surface area contributed by atoms with Crippen LogP contribution in [0.25, 0.3) is 0 Å². The molecule has 0 spiro atoms. The van der Waals surface area contributed by atoms with Gasteiger partial charge < -0.3 is 14.2 Å². The normalized spacial score (nSPS) is 12.4. The maximum atomic E-state index is 12.8. The SMILES string of the molecule is CCCCCCCCCCCCCCCCCCCCCC(=O)OC[C@H](COC(=O)CCCCCCCCCCCCC)OC(=O)CCCCCCCCCCCCC(C)CC. The van der Waals surface area contributed by atoms with Crippen molar-refractivity contribution in [2.24, 2.45) is 5.92 Å². The van der Waals surface area contributed by atoms with Crippen molar-refractivity contribution < 1.29 is 28.6 Å². The summed E-state index contributed by atoms with van der Waals surface area (Å²) in [7, 11) is 0. The van der Waals surface area contributed by atoms with E-state index in [4.69, 9.17) is 14.2 Å². The number of rotatable bonds is 51. The minimum Gasteiger partial charge on any atom is -0.462 e. The Balaban J connectivity index is 4.25. The highest BCUT2D eigenvalue weighted by atomic mass is 16.6. The number of hydrogen-bond donors (Lipinski definition) is 0. The molecule has 2 atom stereocenters. The van der Waals surface area contributed by atoms with Crippen LogP contribution in [0.15, 0.2) is 0 Å². The van der Waals surface area contributed by atoms with E-state index < -0.39 is 6.10 Å². The van der Waals surface area contributed by atoms with Crippen molar-refractivity contribution in [3.63, 3.8) is 0 Å². The van der Waals surface area contributed by atoms with E-state index in [2.05, 4.69) is 27.7 Å². The molecule has 0 aliphatic heterocycles. The van der Waals surface area contributed by atoms with Crippen LogP contribution < -0.4 is 0 Å². The lowest BCUT2D eigenvalue weighted by atomic mass is 9.99. The fraction of sp³-hybridized carbons (Fsp3) is 0.946. The van der Waals surface area contributed by atoms with E-state index in [1.165, 1.54) is 212 Å². The number of carbonyl (C=O) groups excluding carboxylic acids is 3. The average Bonchev–Trinajstić information content (AvgIpc) is 3.27. The Labute approximate surface area is 387 Å². The summed E-state index contributed by atoms with van der Waals surface area (Å²) >= 11 is 0. The van der Waals surface area contributed by atoms with Crippen LogP contribution in [0, 0.1) is 5.92 Å². The monoisotopic (exact) mass is 877 g/mol. The molecule has 0 aromatic carbocycles. The molecule has 0 fully saturated rings. The highest BCUT2D eigenvalue weighted by Crippen LogP contribution is 2.18. The predicted octanol–water partition coefficient (Wildman–Crippen LogP) is 18.2. The molecule has 0 heterocycles. The zero-order chi connectivity index (χ0) is 45.2. The fourth-order valence-corrected chi connectivity index (χ4v) is 8.54. The van der Waals surface area contributed by atoms with Gasteiger partial charge in [-0.15, -0.1) is 0 Å². The Morgan fingerprint density at radius 2 is 0.565 bits per heavy atom.